The fourth-order valence-electron chi connectivity index (χ4n) is 3.17. The highest BCUT2D eigenvalue weighted by Gasteiger charge is 2.23. The highest BCUT2D eigenvalue weighted by molar-refractivity contribution is 7.12. The number of aromatic nitrogens is 1. The maximum absolute atomic E-state index is 13.1. The van der Waals surface area contributed by atoms with E-state index in [0.717, 1.165) is 16.3 Å². The first-order valence-corrected chi connectivity index (χ1v) is 10.2. The fraction of sp³-hybridized carbons (Fsp3) is 0.0870. The number of hydrogen-bond donors (Lipinski definition) is 3. The Kier molecular flexibility index (Phi) is 5.72. The molecule has 7 heteroatoms. The summed E-state index contributed by atoms with van der Waals surface area (Å²) in [6, 6.07) is 16.7. The van der Waals surface area contributed by atoms with Crippen molar-refractivity contribution in [1.29, 1.82) is 0 Å². The summed E-state index contributed by atoms with van der Waals surface area (Å²) in [5.41, 5.74) is 1.47. The number of carbonyl (C=O) groups excluding carboxylic acids is 2. The summed E-state index contributed by atoms with van der Waals surface area (Å²) >= 11 is 1.32. The molecule has 2 aromatic heterocycles. The summed E-state index contributed by atoms with van der Waals surface area (Å²) < 4.78 is 0. The van der Waals surface area contributed by atoms with E-state index < -0.39 is 6.04 Å². The van der Waals surface area contributed by atoms with Crippen LogP contribution in [0.4, 0.5) is 5.69 Å². The van der Waals surface area contributed by atoms with E-state index in [2.05, 4.69) is 15.6 Å². The molecule has 30 heavy (non-hydrogen) atoms. The topological polar surface area (TPSA) is 91.3 Å². The molecule has 0 radical (unpaired) electrons. The number of thiophene rings is 1. The van der Waals surface area contributed by atoms with Gasteiger partial charge in [0.15, 0.2) is 0 Å². The van der Waals surface area contributed by atoms with Gasteiger partial charge >= 0.3 is 0 Å². The van der Waals surface area contributed by atoms with Crippen molar-refractivity contribution in [3.63, 3.8) is 0 Å². The highest BCUT2D eigenvalue weighted by Crippen LogP contribution is 2.23. The van der Waals surface area contributed by atoms with Crippen molar-refractivity contribution in [2.45, 2.75) is 12.5 Å². The number of pyridine rings is 1. The van der Waals surface area contributed by atoms with Crippen LogP contribution < -0.4 is 10.6 Å². The van der Waals surface area contributed by atoms with Gasteiger partial charge in [-0.2, -0.15) is 0 Å². The highest BCUT2D eigenvalue weighted by atomic mass is 32.1. The third-order valence-corrected chi connectivity index (χ3v) is 5.55. The quantitative estimate of drug-likeness (QED) is 0.443. The molecular weight excluding hydrogens is 398 g/mol. The van der Waals surface area contributed by atoms with Crippen molar-refractivity contribution in [1.82, 2.24) is 10.3 Å². The molecule has 0 aliphatic carbocycles. The first-order valence-electron chi connectivity index (χ1n) is 9.36. The standard InChI is InChI=1S/C23H19N3O3S/c27-17-8-6-15(7-9-17)13-20(26-23(29)21-5-2-12-30-21)22(28)25-19-4-1-3-16-14-24-11-10-18(16)19/h1-12,14,20,27H,13H2,(H,25,28)(H,26,29). The molecule has 1 atom stereocenters. The first kappa shape index (κ1) is 19.6. The van der Waals surface area contributed by atoms with Gasteiger partial charge in [-0.1, -0.05) is 30.3 Å². The minimum Gasteiger partial charge on any atom is -0.508 e. The van der Waals surface area contributed by atoms with Crippen molar-refractivity contribution in [3.05, 3.63) is 88.9 Å². The van der Waals surface area contributed by atoms with Crippen LogP contribution in [-0.4, -0.2) is 27.9 Å². The normalized spacial score (nSPS) is 11.7. The van der Waals surface area contributed by atoms with Gasteiger partial charge in [-0.15, -0.1) is 11.3 Å². The molecular formula is C23H19N3O3S. The summed E-state index contributed by atoms with van der Waals surface area (Å²) in [6.45, 7) is 0. The lowest BCUT2D eigenvalue weighted by atomic mass is 10.0. The van der Waals surface area contributed by atoms with Gasteiger partial charge in [-0.05, 0) is 41.3 Å². The third-order valence-electron chi connectivity index (χ3n) is 4.68. The number of nitrogens with one attached hydrogen (secondary N) is 2. The lowest BCUT2D eigenvalue weighted by Crippen LogP contribution is -2.45. The molecule has 0 aliphatic rings. The van der Waals surface area contributed by atoms with E-state index in [-0.39, 0.29) is 24.0 Å². The van der Waals surface area contributed by atoms with Crippen LogP contribution in [0.5, 0.6) is 5.75 Å². The molecule has 4 aromatic rings. The molecule has 0 saturated heterocycles. The molecule has 0 bridgehead atoms. The van der Waals surface area contributed by atoms with Crippen LogP contribution in [0.1, 0.15) is 15.2 Å². The zero-order chi connectivity index (χ0) is 20.9. The van der Waals surface area contributed by atoms with Crippen molar-refractivity contribution in [2.24, 2.45) is 0 Å². The van der Waals surface area contributed by atoms with E-state index in [1.54, 1.807) is 48.8 Å². The smallest absolute Gasteiger partial charge is 0.262 e. The Labute approximate surface area is 177 Å². The maximum Gasteiger partial charge on any atom is 0.262 e. The molecule has 150 valence electrons. The van der Waals surface area contributed by atoms with Gasteiger partial charge < -0.3 is 15.7 Å². The number of rotatable bonds is 6. The summed E-state index contributed by atoms with van der Waals surface area (Å²) in [5, 5.41) is 18.9. The molecule has 2 heterocycles. The van der Waals surface area contributed by atoms with Crippen LogP contribution in [0.3, 0.4) is 0 Å². The van der Waals surface area contributed by atoms with E-state index in [4.69, 9.17) is 0 Å². The van der Waals surface area contributed by atoms with Gasteiger partial charge in [0.05, 0.1) is 4.88 Å². The monoisotopic (exact) mass is 417 g/mol. The molecule has 0 spiro atoms. The number of carbonyl (C=O) groups is 2. The fourth-order valence-corrected chi connectivity index (χ4v) is 3.79. The molecule has 0 saturated carbocycles. The average Bonchev–Trinajstić information content (AvgIpc) is 3.30. The lowest BCUT2D eigenvalue weighted by molar-refractivity contribution is -0.118. The van der Waals surface area contributed by atoms with Crippen LogP contribution in [-0.2, 0) is 11.2 Å². The van der Waals surface area contributed by atoms with E-state index in [0.29, 0.717) is 10.6 Å². The second kappa shape index (κ2) is 8.75. The van der Waals surface area contributed by atoms with Crippen LogP contribution in [0, 0.1) is 0 Å². The minimum atomic E-state index is -0.791. The molecule has 0 fully saturated rings. The number of hydrogen-bond acceptors (Lipinski definition) is 5. The third kappa shape index (κ3) is 4.47. The van der Waals surface area contributed by atoms with Gasteiger partial charge in [0.25, 0.3) is 5.91 Å². The number of phenols is 1. The molecule has 2 amide bonds. The Hall–Kier alpha value is -3.71. The number of anilines is 1. The van der Waals surface area contributed by atoms with Gasteiger partial charge in [0.2, 0.25) is 5.91 Å². The van der Waals surface area contributed by atoms with Gasteiger partial charge in [-0.3, -0.25) is 14.6 Å². The SMILES string of the molecule is O=C(NC(Cc1ccc(O)cc1)C(=O)Nc1cccc2cnccc12)c1cccs1. The summed E-state index contributed by atoms with van der Waals surface area (Å²) in [7, 11) is 0. The van der Waals surface area contributed by atoms with E-state index in [1.807, 2.05) is 29.6 Å². The number of nitrogens with zero attached hydrogens (tertiary/aromatic N) is 1. The first-order chi connectivity index (χ1) is 14.6. The average molecular weight is 417 g/mol. The molecule has 1 unspecified atom stereocenters. The van der Waals surface area contributed by atoms with Gasteiger partial charge in [0.1, 0.15) is 11.8 Å². The Balaban J connectivity index is 1.59. The zero-order valence-electron chi connectivity index (χ0n) is 15.9. The van der Waals surface area contributed by atoms with Crippen LogP contribution in [0.25, 0.3) is 10.8 Å². The molecule has 6 nitrogen and oxygen atoms in total. The van der Waals surface area contributed by atoms with Crippen LogP contribution in [0.2, 0.25) is 0 Å². The summed E-state index contributed by atoms with van der Waals surface area (Å²) in [6.07, 6.45) is 3.69. The van der Waals surface area contributed by atoms with Crippen molar-refractivity contribution in [3.8, 4) is 5.75 Å². The summed E-state index contributed by atoms with van der Waals surface area (Å²) in [4.78, 5) is 30.4. The van der Waals surface area contributed by atoms with Crippen LogP contribution in [0.15, 0.2) is 78.4 Å². The number of amides is 2. The predicted molar refractivity (Wildman–Crippen MR) is 118 cm³/mol. The van der Waals surface area contributed by atoms with Gasteiger partial charge in [0, 0.05) is 35.3 Å². The Morgan fingerprint density at radius 3 is 2.63 bits per heavy atom. The van der Waals surface area contributed by atoms with E-state index in [9.17, 15) is 14.7 Å². The van der Waals surface area contributed by atoms with Crippen molar-refractivity contribution >= 4 is 39.6 Å². The molecule has 0 aliphatic heterocycles. The predicted octanol–water partition coefficient (Wildman–Crippen LogP) is 3.98. The molecule has 2 aromatic carbocycles. The van der Waals surface area contributed by atoms with E-state index in [1.165, 1.54) is 11.3 Å². The van der Waals surface area contributed by atoms with Crippen molar-refractivity contribution in [2.75, 3.05) is 5.32 Å². The number of fused-ring (bicyclic) bond motifs is 1. The number of phenolic OH excluding ortho intramolecular Hbond substituents is 1. The number of aromatic hydroxyl groups is 1. The Morgan fingerprint density at radius 1 is 1.03 bits per heavy atom. The number of benzene rings is 2. The largest absolute Gasteiger partial charge is 0.508 e. The van der Waals surface area contributed by atoms with Crippen LogP contribution >= 0.6 is 11.3 Å². The second-order valence-corrected chi connectivity index (χ2v) is 7.71. The summed E-state index contributed by atoms with van der Waals surface area (Å²) in [5.74, 6) is -0.477. The van der Waals surface area contributed by atoms with Gasteiger partial charge in [-0.25, -0.2) is 0 Å². The Bertz CT molecular complexity index is 1170. The Morgan fingerprint density at radius 2 is 1.87 bits per heavy atom. The van der Waals surface area contributed by atoms with Crippen molar-refractivity contribution < 1.29 is 14.7 Å². The van der Waals surface area contributed by atoms with E-state index >= 15 is 0 Å². The maximum atomic E-state index is 13.1. The lowest BCUT2D eigenvalue weighted by Gasteiger charge is -2.19. The minimum absolute atomic E-state index is 0.145. The second-order valence-electron chi connectivity index (χ2n) is 6.77. The zero-order valence-corrected chi connectivity index (χ0v) is 16.7. The molecule has 3 N–H and O–H groups in total. The molecule has 4 rings (SSSR count).